The zero-order valence-corrected chi connectivity index (χ0v) is 16.7. The van der Waals surface area contributed by atoms with Gasteiger partial charge in [0.1, 0.15) is 11.0 Å². The van der Waals surface area contributed by atoms with Gasteiger partial charge in [0.25, 0.3) is 5.56 Å². The minimum atomic E-state index is -0.209. The van der Waals surface area contributed by atoms with Crippen LogP contribution in [0.5, 0.6) is 0 Å². The SMILES string of the molecule is C=Cn1c(N2CCCC(N)C2)nc2cnn(Cc3nsc4ccccc34)c(=O)c21. The standard InChI is InChI=1S/C20H21N7OS/c1-2-26-18-15(23-20(26)25-9-5-6-13(21)11-25)10-22-27(19(18)28)12-16-14-7-3-4-8-17(14)29-24-16/h2-4,7-8,10,13H,1,5-6,9,11-12,21H2. The quantitative estimate of drug-likeness (QED) is 0.558. The van der Waals surface area contributed by atoms with Crippen LogP contribution in [0.2, 0.25) is 0 Å². The van der Waals surface area contributed by atoms with Crippen molar-refractivity contribution < 1.29 is 0 Å². The minimum Gasteiger partial charge on any atom is -0.340 e. The van der Waals surface area contributed by atoms with E-state index in [1.54, 1.807) is 17.0 Å². The van der Waals surface area contributed by atoms with E-state index >= 15 is 0 Å². The summed E-state index contributed by atoms with van der Waals surface area (Å²) in [5.74, 6) is 0.695. The second-order valence-electron chi connectivity index (χ2n) is 7.28. The van der Waals surface area contributed by atoms with E-state index in [-0.39, 0.29) is 11.6 Å². The maximum Gasteiger partial charge on any atom is 0.293 e. The van der Waals surface area contributed by atoms with Crippen molar-refractivity contribution >= 4 is 44.8 Å². The van der Waals surface area contributed by atoms with Gasteiger partial charge in [-0.05, 0) is 30.4 Å². The van der Waals surface area contributed by atoms with Crippen molar-refractivity contribution in [2.45, 2.75) is 25.4 Å². The molecule has 5 rings (SSSR count). The first-order chi connectivity index (χ1) is 14.2. The van der Waals surface area contributed by atoms with Crippen LogP contribution < -0.4 is 16.2 Å². The van der Waals surface area contributed by atoms with Gasteiger partial charge in [-0.25, -0.2) is 9.67 Å². The van der Waals surface area contributed by atoms with Gasteiger partial charge in [-0.3, -0.25) is 9.36 Å². The molecule has 1 unspecified atom stereocenters. The summed E-state index contributed by atoms with van der Waals surface area (Å²) < 4.78 is 8.81. The van der Waals surface area contributed by atoms with E-state index in [9.17, 15) is 4.79 Å². The highest BCUT2D eigenvalue weighted by molar-refractivity contribution is 7.13. The number of hydrogen-bond acceptors (Lipinski definition) is 7. The molecule has 3 aromatic heterocycles. The van der Waals surface area contributed by atoms with Gasteiger partial charge in [0.15, 0.2) is 0 Å². The molecule has 0 spiro atoms. The van der Waals surface area contributed by atoms with Crippen LogP contribution in [0.3, 0.4) is 0 Å². The Morgan fingerprint density at radius 1 is 1.34 bits per heavy atom. The Morgan fingerprint density at radius 2 is 2.21 bits per heavy atom. The highest BCUT2D eigenvalue weighted by atomic mass is 32.1. The van der Waals surface area contributed by atoms with Gasteiger partial charge in [-0.2, -0.15) is 9.47 Å². The smallest absolute Gasteiger partial charge is 0.293 e. The molecule has 1 aliphatic rings. The van der Waals surface area contributed by atoms with E-state index in [0.717, 1.165) is 35.2 Å². The van der Waals surface area contributed by atoms with Crippen LogP contribution in [0.1, 0.15) is 18.5 Å². The van der Waals surface area contributed by atoms with Crippen LogP contribution >= 0.6 is 11.5 Å². The Bertz CT molecular complexity index is 1270. The Balaban J connectivity index is 1.59. The second-order valence-corrected chi connectivity index (χ2v) is 8.08. The number of piperidine rings is 1. The Morgan fingerprint density at radius 3 is 3.03 bits per heavy atom. The van der Waals surface area contributed by atoms with Crippen LogP contribution in [0.15, 0.2) is 41.8 Å². The van der Waals surface area contributed by atoms with Crippen molar-refractivity contribution in [3.8, 4) is 0 Å². The molecule has 1 aliphatic heterocycles. The van der Waals surface area contributed by atoms with E-state index in [1.807, 2.05) is 24.3 Å². The molecule has 29 heavy (non-hydrogen) atoms. The van der Waals surface area contributed by atoms with Crippen LogP contribution in [0.25, 0.3) is 27.3 Å². The molecule has 0 amide bonds. The molecule has 8 nitrogen and oxygen atoms in total. The Kier molecular flexibility index (Phi) is 4.40. The summed E-state index contributed by atoms with van der Waals surface area (Å²) in [6.45, 7) is 5.78. The molecule has 1 fully saturated rings. The van der Waals surface area contributed by atoms with Crippen molar-refractivity contribution in [2.24, 2.45) is 5.73 Å². The van der Waals surface area contributed by atoms with Gasteiger partial charge in [0.2, 0.25) is 5.95 Å². The fourth-order valence-electron chi connectivity index (χ4n) is 3.93. The number of benzene rings is 1. The summed E-state index contributed by atoms with van der Waals surface area (Å²) in [4.78, 5) is 20.0. The van der Waals surface area contributed by atoms with E-state index in [0.29, 0.717) is 30.1 Å². The maximum absolute atomic E-state index is 13.3. The number of fused-ring (bicyclic) bond motifs is 2. The number of nitrogens with two attached hydrogens (primary N) is 1. The molecule has 9 heteroatoms. The molecule has 1 saturated heterocycles. The number of anilines is 1. The lowest BCUT2D eigenvalue weighted by molar-refractivity contribution is 0.499. The van der Waals surface area contributed by atoms with Crippen LogP contribution in [0.4, 0.5) is 5.95 Å². The number of nitrogens with zero attached hydrogens (tertiary/aromatic N) is 6. The summed E-state index contributed by atoms with van der Waals surface area (Å²) in [6.07, 6.45) is 5.27. The Hall–Kier alpha value is -3.04. The van der Waals surface area contributed by atoms with Gasteiger partial charge in [0, 0.05) is 30.7 Å². The van der Waals surface area contributed by atoms with Gasteiger partial charge < -0.3 is 10.6 Å². The number of hydrogen-bond donors (Lipinski definition) is 1. The van der Waals surface area contributed by atoms with E-state index in [1.165, 1.54) is 16.2 Å². The number of aromatic nitrogens is 5. The second kappa shape index (κ2) is 7.09. The largest absolute Gasteiger partial charge is 0.340 e. The molecule has 148 valence electrons. The first-order valence-corrected chi connectivity index (χ1v) is 10.4. The van der Waals surface area contributed by atoms with E-state index < -0.39 is 0 Å². The van der Waals surface area contributed by atoms with Crippen molar-refractivity contribution in [3.05, 3.63) is 53.1 Å². The predicted octanol–water partition coefficient (Wildman–Crippen LogP) is 2.28. The zero-order valence-electron chi connectivity index (χ0n) is 15.9. The molecule has 4 aromatic rings. The average molecular weight is 408 g/mol. The van der Waals surface area contributed by atoms with Crippen LogP contribution in [-0.2, 0) is 6.54 Å². The van der Waals surface area contributed by atoms with Crippen LogP contribution in [0, 0.1) is 0 Å². The molecule has 1 aromatic carbocycles. The first kappa shape index (κ1) is 18.0. The van der Waals surface area contributed by atoms with Gasteiger partial charge in [0.05, 0.1) is 23.1 Å². The molecule has 0 bridgehead atoms. The molecule has 0 radical (unpaired) electrons. The maximum atomic E-state index is 13.3. The van der Waals surface area contributed by atoms with Crippen molar-refractivity contribution in [2.75, 3.05) is 18.0 Å². The van der Waals surface area contributed by atoms with Crippen LogP contribution in [-0.4, -0.2) is 42.8 Å². The topological polar surface area (TPSA) is 94.9 Å². The van der Waals surface area contributed by atoms with Gasteiger partial charge in [-0.15, -0.1) is 0 Å². The molecule has 0 saturated carbocycles. The predicted molar refractivity (Wildman–Crippen MR) is 116 cm³/mol. The van der Waals surface area contributed by atoms with Gasteiger partial charge in [-0.1, -0.05) is 24.8 Å². The lowest BCUT2D eigenvalue weighted by Gasteiger charge is -2.31. The summed E-state index contributed by atoms with van der Waals surface area (Å²) in [5.41, 5.74) is 7.80. The molecule has 2 N–H and O–H groups in total. The lowest BCUT2D eigenvalue weighted by atomic mass is 10.1. The summed E-state index contributed by atoms with van der Waals surface area (Å²) in [5, 5.41) is 5.40. The molecule has 4 heterocycles. The normalized spacial score (nSPS) is 17.3. The van der Waals surface area contributed by atoms with Gasteiger partial charge >= 0.3 is 0 Å². The average Bonchev–Trinajstić information content (AvgIpc) is 3.32. The fraction of sp³-hybridized carbons (Fsp3) is 0.300. The third kappa shape index (κ3) is 3.02. The monoisotopic (exact) mass is 407 g/mol. The first-order valence-electron chi connectivity index (χ1n) is 9.60. The van der Waals surface area contributed by atoms with Crippen molar-refractivity contribution in [3.63, 3.8) is 0 Å². The zero-order chi connectivity index (χ0) is 20.0. The highest BCUT2D eigenvalue weighted by Crippen LogP contribution is 2.24. The third-order valence-electron chi connectivity index (χ3n) is 5.35. The highest BCUT2D eigenvalue weighted by Gasteiger charge is 2.23. The number of imidazole rings is 1. The minimum absolute atomic E-state index is 0.106. The van der Waals surface area contributed by atoms with E-state index in [2.05, 4.69) is 25.9 Å². The molecule has 0 aliphatic carbocycles. The van der Waals surface area contributed by atoms with E-state index in [4.69, 9.17) is 5.73 Å². The Labute approximate surface area is 171 Å². The van der Waals surface area contributed by atoms with Crippen molar-refractivity contribution in [1.29, 1.82) is 0 Å². The summed E-state index contributed by atoms with van der Waals surface area (Å²) in [6, 6.07) is 8.11. The number of rotatable bonds is 4. The fourth-order valence-corrected chi connectivity index (χ4v) is 4.72. The summed E-state index contributed by atoms with van der Waals surface area (Å²) in [7, 11) is 0. The molecule has 1 atom stereocenters. The lowest BCUT2D eigenvalue weighted by Crippen LogP contribution is -2.43. The molecular weight excluding hydrogens is 386 g/mol. The third-order valence-corrected chi connectivity index (χ3v) is 6.22. The summed E-state index contributed by atoms with van der Waals surface area (Å²) >= 11 is 1.43. The van der Waals surface area contributed by atoms with Crippen molar-refractivity contribution in [1.82, 2.24) is 23.7 Å². The molecular formula is C20H21N7OS.